The molecule has 0 radical (unpaired) electrons. The number of hydrogen-bond donors (Lipinski definition) is 2. The smallest absolute Gasteiger partial charge is 0.338 e. The maximum Gasteiger partial charge on any atom is 0.338 e. The van der Waals surface area contributed by atoms with Gasteiger partial charge in [0.1, 0.15) is 12.4 Å². The van der Waals surface area contributed by atoms with Gasteiger partial charge in [-0.15, -0.1) is 0 Å². The summed E-state index contributed by atoms with van der Waals surface area (Å²) in [5.41, 5.74) is 3.22. The van der Waals surface area contributed by atoms with Gasteiger partial charge in [0.2, 0.25) is 0 Å². The highest BCUT2D eigenvalue weighted by Crippen LogP contribution is 2.18. The van der Waals surface area contributed by atoms with Gasteiger partial charge >= 0.3 is 12.0 Å². The number of anilines is 1. The molecule has 0 unspecified atom stereocenters. The molecule has 2 aromatic carbocycles. The standard InChI is InChI=1S/C20H24N2O4/c1-4-25-19(23)16-7-9-17(10-8-16)22-20(24)21-11-12-26-18-13-14(2)5-6-15(18)3/h5-10,13H,4,11-12H2,1-3H3,(H2,21,22,24). The Morgan fingerprint density at radius 1 is 1.04 bits per heavy atom. The van der Waals surface area contributed by atoms with Gasteiger partial charge in [-0.2, -0.15) is 0 Å². The highest BCUT2D eigenvalue weighted by molar-refractivity contribution is 5.92. The molecule has 0 atom stereocenters. The molecular formula is C20H24N2O4. The predicted octanol–water partition coefficient (Wildman–Crippen LogP) is 3.68. The highest BCUT2D eigenvalue weighted by atomic mass is 16.5. The second kappa shape index (κ2) is 9.46. The fourth-order valence-corrected chi connectivity index (χ4v) is 2.27. The van der Waals surface area contributed by atoms with Gasteiger partial charge in [0.05, 0.1) is 18.7 Å². The number of carbonyl (C=O) groups excluding carboxylic acids is 2. The summed E-state index contributed by atoms with van der Waals surface area (Å²) in [4.78, 5) is 23.5. The van der Waals surface area contributed by atoms with Crippen LogP contribution in [0.1, 0.15) is 28.4 Å². The van der Waals surface area contributed by atoms with E-state index in [1.807, 2.05) is 32.0 Å². The number of aryl methyl sites for hydroxylation is 2. The average molecular weight is 356 g/mol. The monoisotopic (exact) mass is 356 g/mol. The van der Waals surface area contributed by atoms with E-state index >= 15 is 0 Å². The minimum absolute atomic E-state index is 0.325. The van der Waals surface area contributed by atoms with Crippen LogP contribution in [0, 0.1) is 13.8 Å². The Kier molecular flexibility index (Phi) is 7.02. The van der Waals surface area contributed by atoms with Crippen LogP contribution in [-0.2, 0) is 4.74 Å². The molecule has 0 aromatic heterocycles. The third-order valence-electron chi connectivity index (χ3n) is 3.64. The Labute approximate surface area is 153 Å². The Morgan fingerprint density at radius 3 is 2.46 bits per heavy atom. The second-order valence-electron chi connectivity index (χ2n) is 5.80. The molecular weight excluding hydrogens is 332 g/mol. The van der Waals surface area contributed by atoms with E-state index < -0.39 is 0 Å². The molecule has 6 nitrogen and oxygen atoms in total. The quantitative estimate of drug-likeness (QED) is 0.586. The molecule has 2 N–H and O–H groups in total. The third kappa shape index (κ3) is 5.81. The van der Waals surface area contributed by atoms with Gasteiger partial charge in [0.25, 0.3) is 0 Å². The lowest BCUT2D eigenvalue weighted by Crippen LogP contribution is -2.32. The van der Waals surface area contributed by atoms with Crippen molar-refractivity contribution in [3.8, 4) is 5.75 Å². The zero-order chi connectivity index (χ0) is 18.9. The second-order valence-corrected chi connectivity index (χ2v) is 5.80. The van der Waals surface area contributed by atoms with Crippen molar-refractivity contribution < 1.29 is 19.1 Å². The minimum Gasteiger partial charge on any atom is -0.491 e. The lowest BCUT2D eigenvalue weighted by atomic mass is 10.1. The van der Waals surface area contributed by atoms with Gasteiger partial charge in [-0.3, -0.25) is 0 Å². The molecule has 0 spiro atoms. The van der Waals surface area contributed by atoms with E-state index in [4.69, 9.17) is 9.47 Å². The van der Waals surface area contributed by atoms with Gasteiger partial charge in [-0.1, -0.05) is 12.1 Å². The molecule has 0 aliphatic heterocycles. The molecule has 138 valence electrons. The van der Waals surface area contributed by atoms with Crippen molar-refractivity contribution in [3.63, 3.8) is 0 Å². The molecule has 6 heteroatoms. The van der Waals surface area contributed by atoms with Crippen molar-refractivity contribution >= 4 is 17.7 Å². The van der Waals surface area contributed by atoms with Crippen LogP contribution >= 0.6 is 0 Å². The first-order valence-corrected chi connectivity index (χ1v) is 8.51. The van der Waals surface area contributed by atoms with Crippen molar-refractivity contribution in [1.29, 1.82) is 0 Å². The van der Waals surface area contributed by atoms with Crippen LogP contribution in [-0.4, -0.2) is 31.8 Å². The maximum absolute atomic E-state index is 11.9. The van der Waals surface area contributed by atoms with Crippen molar-refractivity contribution in [2.24, 2.45) is 0 Å². The van der Waals surface area contributed by atoms with Crippen LogP contribution in [0.5, 0.6) is 5.75 Å². The van der Waals surface area contributed by atoms with E-state index in [2.05, 4.69) is 10.6 Å². The number of benzene rings is 2. The third-order valence-corrected chi connectivity index (χ3v) is 3.64. The number of hydrogen-bond acceptors (Lipinski definition) is 4. The topological polar surface area (TPSA) is 76.7 Å². The van der Waals surface area contributed by atoms with Crippen LogP contribution in [0.25, 0.3) is 0 Å². The van der Waals surface area contributed by atoms with Crippen LogP contribution in [0.3, 0.4) is 0 Å². The van der Waals surface area contributed by atoms with E-state index in [0.717, 1.165) is 16.9 Å². The molecule has 0 aliphatic carbocycles. The molecule has 2 amide bonds. The fourth-order valence-electron chi connectivity index (χ4n) is 2.27. The normalized spacial score (nSPS) is 10.1. The lowest BCUT2D eigenvalue weighted by Gasteiger charge is -2.11. The summed E-state index contributed by atoms with van der Waals surface area (Å²) in [7, 11) is 0. The summed E-state index contributed by atoms with van der Waals surface area (Å²) in [6.07, 6.45) is 0. The molecule has 0 saturated carbocycles. The van der Waals surface area contributed by atoms with E-state index in [-0.39, 0.29) is 12.0 Å². The van der Waals surface area contributed by atoms with Crippen LogP contribution in [0.15, 0.2) is 42.5 Å². The summed E-state index contributed by atoms with van der Waals surface area (Å²) in [5, 5.41) is 5.43. The van der Waals surface area contributed by atoms with E-state index in [1.165, 1.54) is 0 Å². The van der Waals surface area contributed by atoms with Crippen molar-refractivity contribution in [2.75, 3.05) is 25.1 Å². The van der Waals surface area contributed by atoms with Gasteiger partial charge < -0.3 is 20.1 Å². The van der Waals surface area contributed by atoms with Gasteiger partial charge in [0.15, 0.2) is 0 Å². The molecule has 0 bridgehead atoms. The van der Waals surface area contributed by atoms with Crippen molar-refractivity contribution in [1.82, 2.24) is 5.32 Å². The molecule has 0 fully saturated rings. The highest BCUT2D eigenvalue weighted by Gasteiger charge is 2.07. The summed E-state index contributed by atoms with van der Waals surface area (Å²) in [6.45, 7) is 6.81. The van der Waals surface area contributed by atoms with E-state index in [1.54, 1.807) is 31.2 Å². The summed E-state index contributed by atoms with van der Waals surface area (Å²) < 4.78 is 10.6. The maximum atomic E-state index is 11.9. The predicted molar refractivity (Wildman–Crippen MR) is 101 cm³/mol. The van der Waals surface area contributed by atoms with E-state index in [9.17, 15) is 9.59 Å². The Balaban J connectivity index is 1.75. The summed E-state index contributed by atoms with van der Waals surface area (Å²) >= 11 is 0. The first-order valence-electron chi connectivity index (χ1n) is 8.51. The number of amides is 2. The number of nitrogens with one attached hydrogen (secondary N) is 2. The lowest BCUT2D eigenvalue weighted by molar-refractivity contribution is 0.0526. The van der Waals surface area contributed by atoms with Crippen molar-refractivity contribution in [2.45, 2.75) is 20.8 Å². The van der Waals surface area contributed by atoms with Crippen LogP contribution in [0.4, 0.5) is 10.5 Å². The average Bonchev–Trinajstić information content (AvgIpc) is 2.62. The van der Waals surface area contributed by atoms with Crippen LogP contribution < -0.4 is 15.4 Å². The van der Waals surface area contributed by atoms with Crippen LogP contribution in [0.2, 0.25) is 0 Å². The Bertz CT molecular complexity index is 757. The van der Waals surface area contributed by atoms with Gasteiger partial charge in [-0.25, -0.2) is 9.59 Å². The number of ether oxygens (including phenoxy) is 2. The molecule has 0 saturated heterocycles. The largest absolute Gasteiger partial charge is 0.491 e. The zero-order valence-electron chi connectivity index (χ0n) is 15.3. The zero-order valence-corrected chi connectivity index (χ0v) is 15.3. The van der Waals surface area contributed by atoms with Gasteiger partial charge in [0, 0.05) is 5.69 Å². The molecule has 2 rings (SSSR count). The fraction of sp³-hybridized carbons (Fsp3) is 0.300. The first kappa shape index (κ1) is 19.3. The van der Waals surface area contributed by atoms with E-state index in [0.29, 0.717) is 31.0 Å². The minimum atomic E-state index is -0.382. The Morgan fingerprint density at radius 2 is 1.77 bits per heavy atom. The molecule has 0 aliphatic rings. The summed E-state index contributed by atoms with van der Waals surface area (Å²) in [5.74, 6) is 0.439. The Hall–Kier alpha value is -3.02. The number of urea groups is 1. The van der Waals surface area contributed by atoms with Gasteiger partial charge in [-0.05, 0) is 62.2 Å². The molecule has 26 heavy (non-hydrogen) atoms. The first-order chi connectivity index (χ1) is 12.5. The number of esters is 1. The number of carbonyl (C=O) groups is 2. The molecule has 0 heterocycles. The molecule has 2 aromatic rings. The number of rotatable bonds is 7. The summed E-state index contributed by atoms with van der Waals surface area (Å²) in [6, 6.07) is 12.2. The van der Waals surface area contributed by atoms with Crippen molar-refractivity contribution in [3.05, 3.63) is 59.2 Å². The SMILES string of the molecule is CCOC(=O)c1ccc(NC(=O)NCCOc2cc(C)ccc2C)cc1.